The summed E-state index contributed by atoms with van der Waals surface area (Å²) in [6.07, 6.45) is 2.76. The molecule has 0 amide bonds. The number of pyridine rings is 1. The standard InChI is InChI=1S/C24H27N7OS/c1-4-18-14(2)28-21(12-26-3)30-22(18)31-7-8-32-20-6-5-15(9-17(20)13-31)16-10-19-23(27-11-16)33-24(25)29-19/h5-6,9-11,26H,4,7-8,12-13H2,1-3H3,(H2,25,29). The molecule has 4 aromatic rings. The lowest BCUT2D eigenvalue weighted by Crippen LogP contribution is -2.28. The maximum Gasteiger partial charge on any atom is 0.182 e. The number of nitrogen functional groups attached to an aromatic ring is 1. The minimum Gasteiger partial charge on any atom is -0.491 e. The lowest BCUT2D eigenvalue weighted by Gasteiger charge is -2.25. The average Bonchev–Trinajstić information content (AvgIpc) is 3.04. The average molecular weight is 462 g/mol. The van der Waals surface area contributed by atoms with E-state index in [-0.39, 0.29) is 0 Å². The fraction of sp³-hybridized carbons (Fsp3) is 0.333. The number of nitrogens with one attached hydrogen (secondary N) is 1. The van der Waals surface area contributed by atoms with Gasteiger partial charge in [0.2, 0.25) is 0 Å². The third-order valence-corrected chi connectivity index (χ3v) is 6.67. The number of hydrogen-bond acceptors (Lipinski definition) is 9. The van der Waals surface area contributed by atoms with Gasteiger partial charge in [0, 0.05) is 35.1 Å². The van der Waals surface area contributed by atoms with Crippen LogP contribution in [0.3, 0.4) is 0 Å². The van der Waals surface area contributed by atoms with Gasteiger partial charge in [-0.25, -0.2) is 19.9 Å². The molecular weight excluding hydrogens is 434 g/mol. The molecule has 4 heterocycles. The quantitative estimate of drug-likeness (QED) is 0.464. The maximum atomic E-state index is 6.11. The Morgan fingerprint density at radius 1 is 1.18 bits per heavy atom. The molecule has 3 aromatic heterocycles. The van der Waals surface area contributed by atoms with Crippen LogP contribution in [-0.2, 0) is 19.5 Å². The molecule has 33 heavy (non-hydrogen) atoms. The monoisotopic (exact) mass is 461 g/mol. The van der Waals surface area contributed by atoms with Gasteiger partial charge in [-0.1, -0.05) is 24.3 Å². The topological polar surface area (TPSA) is 102 Å². The molecule has 3 N–H and O–H groups in total. The number of thiazole rings is 1. The summed E-state index contributed by atoms with van der Waals surface area (Å²) in [4.78, 5) is 21.7. The molecule has 0 saturated heterocycles. The smallest absolute Gasteiger partial charge is 0.182 e. The molecule has 1 aromatic carbocycles. The second kappa shape index (κ2) is 8.92. The predicted octanol–water partition coefficient (Wildman–Crippen LogP) is 3.72. The summed E-state index contributed by atoms with van der Waals surface area (Å²) >= 11 is 1.40. The number of aryl methyl sites for hydroxylation is 1. The first-order valence-electron chi connectivity index (χ1n) is 11.1. The Labute approximate surface area is 196 Å². The summed E-state index contributed by atoms with van der Waals surface area (Å²) < 4.78 is 6.11. The zero-order valence-electron chi connectivity index (χ0n) is 19.1. The normalized spacial score (nSPS) is 13.6. The van der Waals surface area contributed by atoms with Crippen molar-refractivity contribution in [2.24, 2.45) is 0 Å². The van der Waals surface area contributed by atoms with Crippen LogP contribution in [0.5, 0.6) is 5.75 Å². The molecular formula is C24H27N7OS. The number of aromatic nitrogens is 4. The maximum absolute atomic E-state index is 6.11. The first-order chi connectivity index (χ1) is 16.1. The van der Waals surface area contributed by atoms with E-state index >= 15 is 0 Å². The fourth-order valence-corrected chi connectivity index (χ4v) is 4.96. The third-order valence-electron chi connectivity index (χ3n) is 5.86. The summed E-state index contributed by atoms with van der Waals surface area (Å²) in [7, 11) is 1.91. The van der Waals surface area contributed by atoms with E-state index < -0.39 is 0 Å². The Hall–Kier alpha value is -3.30. The molecule has 1 aliphatic rings. The van der Waals surface area contributed by atoms with E-state index in [1.807, 2.05) is 25.4 Å². The molecule has 0 unspecified atom stereocenters. The Morgan fingerprint density at radius 3 is 2.88 bits per heavy atom. The van der Waals surface area contributed by atoms with Crippen LogP contribution in [0, 0.1) is 6.92 Å². The highest BCUT2D eigenvalue weighted by molar-refractivity contribution is 7.21. The molecule has 0 spiro atoms. The highest BCUT2D eigenvalue weighted by Gasteiger charge is 2.22. The number of rotatable bonds is 5. The van der Waals surface area contributed by atoms with Crippen molar-refractivity contribution in [3.8, 4) is 16.9 Å². The fourth-order valence-electron chi connectivity index (χ4n) is 4.30. The van der Waals surface area contributed by atoms with Gasteiger partial charge in [-0.05, 0) is 44.2 Å². The summed E-state index contributed by atoms with van der Waals surface area (Å²) in [6, 6.07) is 8.34. The van der Waals surface area contributed by atoms with Gasteiger partial charge in [-0.15, -0.1) is 0 Å². The van der Waals surface area contributed by atoms with Crippen molar-refractivity contribution >= 4 is 32.6 Å². The van der Waals surface area contributed by atoms with E-state index in [4.69, 9.17) is 15.5 Å². The van der Waals surface area contributed by atoms with Crippen LogP contribution in [0.25, 0.3) is 21.5 Å². The molecule has 0 radical (unpaired) electrons. The van der Waals surface area contributed by atoms with Crippen molar-refractivity contribution < 1.29 is 4.74 Å². The first kappa shape index (κ1) is 21.5. The SMILES string of the molecule is CCc1c(C)nc(CNC)nc1N1CCOc2ccc(-c3cnc4sc(N)nc4c3)cc2C1. The van der Waals surface area contributed by atoms with Crippen molar-refractivity contribution in [2.75, 3.05) is 30.8 Å². The number of hydrogen-bond donors (Lipinski definition) is 2. The van der Waals surface area contributed by atoms with Gasteiger partial charge in [-0.3, -0.25) is 0 Å². The van der Waals surface area contributed by atoms with Gasteiger partial charge in [0.05, 0.1) is 13.1 Å². The van der Waals surface area contributed by atoms with Crippen LogP contribution >= 0.6 is 11.3 Å². The lowest BCUT2D eigenvalue weighted by molar-refractivity contribution is 0.331. The zero-order chi connectivity index (χ0) is 22.9. The van der Waals surface area contributed by atoms with Gasteiger partial charge >= 0.3 is 0 Å². The second-order valence-electron chi connectivity index (χ2n) is 8.10. The number of nitrogens with two attached hydrogens (primary N) is 1. The highest BCUT2D eigenvalue weighted by atomic mass is 32.1. The van der Waals surface area contributed by atoms with Crippen molar-refractivity contribution in [1.82, 2.24) is 25.3 Å². The van der Waals surface area contributed by atoms with E-state index in [2.05, 4.69) is 51.1 Å². The van der Waals surface area contributed by atoms with Crippen molar-refractivity contribution in [3.05, 3.63) is 53.1 Å². The first-order valence-corrected chi connectivity index (χ1v) is 11.9. The molecule has 1 aliphatic heterocycles. The summed E-state index contributed by atoms with van der Waals surface area (Å²) in [6.45, 7) is 6.94. The van der Waals surface area contributed by atoms with Gasteiger partial charge in [0.1, 0.15) is 34.3 Å². The number of nitrogens with zero attached hydrogens (tertiary/aromatic N) is 5. The minimum atomic E-state index is 0.533. The highest BCUT2D eigenvalue weighted by Crippen LogP contribution is 2.33. The molecule has 170 valence electrons. The number of benzene rings is 1. The number of anilines is 2. The van der Waals surface area contributed by atoms with Crippen LogP contribution in [0.15, 0.2) is 30.5 Å². The van der Waals surface area contributed by atoms with Gasteiger partial charge < -0.3 is 20.7 Å². The molecule has 0 aliphatic carbocycles. The third kappa shape index (κ3) is 4.21. The van der Waals surface area contributed by atoms with Gasteiger partial charge in [0.15, 0.2) is 5.13 Å². The van der Waals surface area contributed by atoms with Crippen LogP contribution in [-0.4, -0.2) is 40.1 Å². The minimum absolute atomic E-state index is 0.533. The molecule has 0 bridgehead atoms. The van der Waals surface area contributed by atoms with Crippen LogP contribution in [0.1, 0.15) is 29.6 Å². The number of ether oxygens (including phenoxy) is 1. The second-order valence-corrected chi connectivity index (χ2v) is 9.11. The van der Waals surface area contributed by atoms with E-state index in [9.17, 15) is 0 Å². The molecule has 5 rings (SSSR count). The Kier molecular flexibility index (Phi) is 5.82. The summed E-state index contributed by atoms with van der Waals surface area (Å²) in [5, 5.41) is 3.69. The van der Waals surface area contributed by atoms with Crippen molar-refractivity contribution in [3.63, 3.8) is 0 Å². The zero-order valence-corrected chi connectivity index (χ0v) is 19.9. The van der Waals surface area contributed by atoms with Crippen LogP contribution in [0.4, 0.5) is 10.9 Å². The molecule has 8 nitrogen and oxygen atoms in total. The molecule has 0 fully saturated rings. The van der Waals surface area contributed by atoms with Gasteiger partial charge in [0.25, 0.3) is 0 Å². The molecule has 9 heteroatoms. The van der Waals surface area contributed by atoms with E-state index in [1.54, 1.807) is 0 Å². The van der Waals surface area contributed by atoms with Gasteiger partial charge in [-0.2, -0.15) is 0 Å². The Bertz CT molecular complexity index is 1320. The summed E-state index contributed by atoms with van der Waals surface area (Å²) in [5.41, 5.74) is 12.1. The van der Waals surface area contributed by atoms with Crippen molar-refractivity contribution in [1.29, 1.82) is 0 Å². The van der Waals surface area contributed by atoms with Crippen LogP contribution < -0.4 is 20.7 Å². The Morgan fingerprint density at radius 2 is 2.06 bits per heavy atom. The predicted molar refractivity (Wildman–Crippen MR) is 133 cm³/mol. The number of fused-ring (bicyclic) bond motifs is 2. The molecule has 0 atom stereocenters. The van der Waals surface area contributed by atoms with E-state index in [0.717, 1.165) is 63.1 Å². The largest absolute Gasteiger partial charge is 0.491 e. The van der Waals surface area contributed by atoms with Crippen LogP contribution in [0.2, 0.25) is 0 Å². The van der Waals surface area contributed by atoms with E-state index in [1.165, 1.54) is 16.9 Å². The van der Waals surface area contributed by atoms with E-state index in [0.29, 0.717) is 24.8 Å². The Balaban J connectivity index is 1.52. The van der Waals surface area contributed by atoms with Crippen molar-refractivity contribution in [2.45, 2.75) is 33.4 Å². The lowest BCUT2D eigenvalue weighted by atomic mass is 10.0. The molecule has 0 saturated carbocycles. The summed E-state index contributed by atoms with van der Waals surface area (Å²) in [5.74, 6) is 2.72.